The van der Waals surface area contributed by atoms with Crippen LogP contribution in [-0.4, -0.2) is 34.3 Å². The Kier molecular flexibility index (Phi) is 5.57. The van der Waals surface area contributed by atoms with Gasteiger partial charge in [0.1, 0.15) is 18.4 Å². The quantitative estimate of drug-likeness (QED) is 0.292. The average molecular weight is 421 g/mol. The van der Waals surface area contributed by atoms with Crippen molar-refractivity contribution in [3.8, 4) is 0 Å². The van der Waals surface area contributed by atoms with Crippen molar-refractivity contribution in [2.45, 2.75) is 31.8 Å². The van der Waals surface area contributed by atoms with Gasteiger partial charge in [0.2, 0.25) is 0 Å². The van der Waals surface area contributed by atoms with Crippen LogP contribution in [0.25, 0.3) is 21.3 Å². The van der Waals surface area contributed by atoms with E-state index in [0.29, 0.717) is 16.5 Å². The highest BCUT2D eigenvalue weighted by atomic mass is 16.6. The van der Waals surface area contributed by atoms with Gasteiger partial charge in [-0.05, 0) is 36.7 Å². The molecule has 3 atom stereocenters. The molecule has 1 aromatic heterocycles. The molecule has 158 valence electrons. The molecular weight excluding hydrogens is 402 g/mol. The largest absolute Gasteiger partial charge is 0.456 e. The fraction of sp³-hybridized carbons (Fsp3) is 0.286. The number of para-hydroxylation sites is 1. The normalized spacial score (nSPS) is 20.4. The number of hydrogen-bond acceptors (Lipinski definition) is 6. The molecule has 0 saturated carbocycles. The number of benzene rings is 2. The minimum Gasteiger partial charge on any atom is -0.456 e. The summed E-state index contributed by atoms with van der Waals surface area (Å²) in [5.74, 6) is -0.543. The van der Waals surface area contributed by atoms with Gasteiger partial charge in [-0.1, -0.05) is 34.9 Å². The first kappa shape index (κ1) is 20.4. The van der Waals surface area contributed by atoms with Crippen LogP contribution in [0.5, 0.6) is 0 Å². The van der Waals surface area contributed by atoms with Crippen molar-refractivity contribution < 1.29 is 14.3 Å². The molecule has 10 nitrogen and oxygen atoms in total. The molecule has 1 aliphatic rings. The van der Waals surface area contributed by atoms with E-state index in [1.54, 1.807) is 48.5 Å². The van der Waals surface area contributed by atoms with E-state index in [0.717, 1.165) is 5.56 Å². The second kappa shape index (κ2) is 8.47. The number of nitrogens with zero attached hydrogens (tertiary/aromatic N) is 4. The first-order valence-electron chi connectivity index (χ1n) is 9.65. The molecular formula is C21H19N5O5. The summed E-state index contributed by atoms with van der Waals surface area (Å²) in [6.45, 7) is 1.83. The number of aromatic amines is 1. The molecule has 0 unspecified atom stereocenters. The molecule has 0 amide bonds. The summed E-state index contributed by atoms with van der Waals surface area (Å²) < 4.78 is 12.9. The zero-order chi connectivity index (χ0) is 22.0. The van der Waals surface area contributed by atoms with Crippen molar-refractivity contribution in [1.82, 2.24) is 9.55 Å². The van der Waals surface area contributed by atoms with Crippen molar-refractivity contribution in [1.29, 1.82) is 0 Å². The van der Waals surface area contributed by atoms with Crippen LogP contribution >= 0.6 is 0 Å². The van der Waals surface area contributed by atoms with Crippen LogP contribution in [0.1, 0.15) is 28.6 Å². The van der Waals surface area contributed by atoms with Crippen molar-refractivity contribution >= 4 is 16.9 Å². The van der Waals surface area contributed by atoms with E-state index >= 15 is 0 Å². The SMILES string of the molecule is Cc1ccc(C(=O)O[C@H]2C[C@H](n3c(=O)[nH]c(=O)c4ccccc43)O[C@@H]2CN=[N+]=[N-])cc1. The standard InChI is InChI=1S/C21H19N5O5/c1-12-6-8-13(9-7-12)20(28)31-16-10-18(30-17(16)11-23-25-22)26-15-5-3-2-4-14(15)19(27)24-21(26)29/h2-9,16-18H,10-11H2,1H3,(H,24,27,29)/t16-,17+,18+/m0/s1. The lowest BCUT2D eigenvalue weighted by molar-refractivity contribution is -0.0236. The number of carbonyl (C=O) groups is 1. The molecule has 31 heavy (non-hydrogen) atoms. The summed E-state index contributed by atoms with van der Waals surface area (Å²) in [7, 11) is 0. The molecule has 1 saturated heterocycles. The highest BCUT2D eigenvalue weighted by Gasteiger charge is 2.39. The highest BCUT2D eigenvalue weighted by molar-refractivity contribution is 5.89. The number of ether oxygens (including phenoxy) is 2. The highest BCUT2D eigenvalue weighted by Crippen LogP contribution is 2.32. The first-order chi connectivity index (χ1) is 15.0. The van der Waals surface area contributed by atoms with Gasteiger partial charge in [-0.15, -0.1) is 0 Å². The Hall–Kier alpha value is -3.88. The maximum atomic E-state index is 12.6. The number of aryl methyl sites for hydroxylation is 1. The Morgan fingerprint density at radius 3 is 2.74 bits per heavy atom. The molecule has 0 spiro atoms. The van der Waals surface area contributed by atoms with Gasteiger partial charge >= 0.3 is 11.7 Å². The fourth-order valence-corrected chi connectivity index (χ4v) is 3.65. The minimum absolute atomic E-state index is 0.0745. The summed E-state index contributed by atoms with van der Waals surface area (Å²) in [6, 6.07) is 13.6. The number of H-pyrrole nitrogens is 1. The van der Waals surface area contributed by atoms with Gasteiger partial charge in [-0.2, -0.15) is 0 Å². The molecule has 2 heterocycles. The minimum atomic E-state index is -0.816. The molecule has 1 fully saturated rings. The van der Waals surface area contributed by atoms with Crippen LogP contribution < -0.4 is 11.2 Å². The van der Waals surface area contributed by atoms with E-state index in [1.165, 1.54) is 4.57 Å². The summed E-state index contributed by atoms with van der Waals surface area (Å²) >= 11 is 0. The number of esters is 1. The fourth-order valence-electron chi connectivity index (χ4n) is 3.65. The van der Waals surface area contributed by atoms with Crippen LogP contribution in [0.2, 0.25) is 0 Å². The Balaban J connectivity index is 1.66. The van der Waals surface area contributed by atoms with Gasteiger partial charge < -0.3 is 9.47 Å². The second-order valence-electron chi connectivity index (χ2n) is 7.23. The molecule has 1 aliphatic heterocycles. The predicted molar refractivity (Wildman–Crippen MR) is 112 cm³/mol. The van der Waals surface area contributed by atoms with Gasteiger partial charge in [0.05, 0.1) is 23.0 Å². The van der Waals surface area contributed by atoms with Gasteiger partial charge in [0.25, 0.3) is 5.56 Å². The lowest BCUT2D eigenvalue weighted by atomic mass is 10.1. The maximum Gasteiger partial charge on any atom is 0.338 e. The summed E-state index contributed by atoms with van der Waals surface area (Å²) in [5.41, 5.74) is 9.34. The van der Waals surface area contributed by atoms with E-state index in [1.807, 2.05) is 6.92 Å². The zero-order valence-electron chi connectivity index (χ0n) is 16.6. The van der Waals surface area contributed by atoms with Crippen LogP contribution in [-0.2, 0) is 9.47 Å². The number of fused-ring (bicyclic) bond motifs is 1. The maximum absolute atomic E-state index is 12.6. The Labute approximate surface area is 175 Å². The number of aromatic nitrogens is 2. The summed E-state index contributed by atoms with van der Waals surface area (Å²) in [6.07, 6.45) is -2.15. The predicted octanol–water partition coefficient (Wildman–Crippen LogP) is 2.82. The Morgan fingerprint density at radius 1 is 1.26 bits per heavy atom. The van der Waals surface area contributed by atoms with Crippen molar-refractivity contribution in [2.75, 3.05) is 6.54 Å². The van der Waals surface area contributed by atoms with Crippen LogP contribution in [0.4, 0.5) is 0 Å². The van der Waals surface area contributed by atoms with Crippen molar-refractivity contribution in [3.05, 3.63) is 90.9 Å². The summed E-state index contributed by atoms with van der Waals surface area (Å²) in [5, 5.41) is 3.87. The summed E-state index contributed by atoms with van der Waals surface area (Å²) in [4.78, 5) is 42.3. The third kappa shape index (κ3) is 4.07. The molecule has 1 N–H and O–H groups in total. The molecule has 4 rings (SSSR count). The molecule has 0 radical (unpaired) electrons. The molecule has 0 aliphatic carbocycles. The lowest BCUT2D eigenvalue weighted by Gasteiger charge is -2.17. The third-order valence-electron chi connectivity index (χ3n) is 5.19. The average Bonchev–Trinajstić information content (AvgIpc) is 3.14. The molecule has 2 aromatic carbocycles. The van der Waals surface area contributed by atoms with Gasteiger partial charge in [0, 0.05) is 11.3 Å². The zero-order valence-corrected chi connectivity index (χ0v) is 16.6. The van der Waals surface area contributed by atoms with Crippen molar-refractivity contribution in [2.24, 2.45) is 5.11 Å². The number of carbonyl (C=O) groups excluding carboxylic acids is 1. The van der Waals surface area contributed by atoms with Crippen LogP contribution in [0.15, 0.2) is 63.2 Å². The van der Waals surface area contributed by atoms with Gasteiger partial charge in [0.15, 0.2) is 0 Å². The van der Waals surface area contributed by atoms with Crippen LogP contribution in [0.3, 0.4) is 0 Å². The number of hydrogen-bond donors (Lipinski definition) is 1. The Bertz CT molecular complexity index is 1290. The van der Waals surface area contributed by atoms with Crippen LogP contribution in [0, 0.1) is 6.92 Å². The topological polar surface area (TPSA) is 139 Å². The van der Waals surface area contributed by atoms with E-state index in [-0.39, 0.29) is 13.0 Å². The monoisotopic (exact) mass is 421 g/mol. The number of azide groups is 1. The molecule has 0 bridgehead atoms. The van der Waals surface area contributed by atoms with Gasteiger partial charge in [-0.3, -0.25) is 14.3 Å². The third-order valence-corrected chi connectivity index (χ3v) is 5.19. The smallest absolute Gasteiger partial charge is 0.338 e. The van der Waals surface area contributed by atoms with E-state index in [4.69, 9.17) is 15.0 Å². The van der Waals surface area contributed by atoms with Gasteiger partial charge in [-0.25, -0.2) is 9.59 Å². The van der Waals surface area contributed by atoms with E-state index < -0.39 is 35.7 Å². The number of nitrogens with one attached hydrogen (secondary N) is 1. The van der Waals surface area contributed by atoms with E-state index in [2.05, 4.69) is 15.0 Å². The second-order valence-corrected chi connectivity index (χ2v) is 7.23. The molecule has 10 heteroatoms. The molecule has 3 aromatic rings. The number of rotatable bonds is 5. The van der Waals surface area contributed by atoms with E-state index in [9.17, 15) is 14.4 Å². The lowest BCUT2D eigenvalue weighted by Crippen LogP contribution is -2.33. The first-order valence-corrected chi connectivity index (χ1v) is 9.65. The van der Waals surface area contributed by atoms with Crippen molar-refractivity contribution in [3.63, 3.8) is 0 Å². The Morgan fingerprint density at radius 2 is 2.00 bits per heavy atom.